The summed E-state index contributed by atoms with van der Waals surface area (Å²) in [6, 6.07) is 12.0. The lowest BCUT2D eigenvalue weighted by atomic mass is 10.1. The zero-order valence-electron chi connectivity index (χ0n) is 8.29. The second kappa shape index (κ2) is 2.74. The average molecular weight is 194 g/mol. The predicted molar refractivity (Wildman–Crippen MR) is 64.0 cm³/mol. The number of para-hydroxylation sites is 1. The molecule has 72 valence electrons. The number of hydrogen-bond donors (Lipinski definition) is 0. The molecule has 0 radical (unpaired) electrons. The van der Waals surface area contributed by atoms with Crippen molar-refractivity contribution in [2.45, 2.75) is 0 Å². The molecule has 0 saturated heterocycles. The Bertz CT molecular complexity index is 750. The number of rotatable bonds is 0. The van der Waals surface area contributed by atoms with Gasteiger partial charge in [0.05, 0.1) is 0 Å². The third-order valence-corrected chi connectivity index (χ3v) is 2.75. The zero-order valence-corrected chi connectivity index (χ0v) is 8.29. The molecule has 0 bridgehead atoms. The Labute approximate surface area is 86.9 Å². The van der Waals surface area contributed by atoms with Gasteiger partial charge in [0.25, 0.3) is 0 Å². The van der Waals surface area contributed by atoms with Gasteiger partial charge in [-0.1, -0.05) is 37.4 Å². The summed E-state index contributed by atoms with van der Waals surface area (Å²) in [6.45, 7) is 7.91. The maximum Gasteiger partial charge on any atom is 0.142 e. The summed E-state index contributed by atoms with van der Waals surface area (Å²) >= 11 is 0. The average Bonchev–Trinajstić information content (AvgIpc) is 2.63. The van der Waals surface area contributed by atoms with Gasteiger partial charge in [-0.3, -0.25) is 0 Å². The van der Waals surface area contributed by atoms with E-state index in [1.807, 2.05) is 30.3 Å². The predicted octanol–water partition coefficient (Wildman–Crippen LogP) is 2.41. The summed E-state index contributed by atoms with van der Waals surface area (Å²) < 4.78 is 5.76. The van der Waals surface area contributed by atoms with Crippen LogP contribution in [0, 0.1) is 0 Å². The van der Waals surface area contributed by atoms with Gasteiger partial charge in [-0.25, -0.2) is 0 Å². The zero-order chi connectivity index (χ0) is 10.4. The molecule has 3 aromatic rings. The summed E-state index contributed by atoms with van der Waals surface area (Å²) in [5.74, 6) is 0. The van der Waals surface area contributed by atoms with E-state index in [4.69, 9.17) is 4.42 Å². The van der Waals surface area contributed by atoms with E-state index in [1.165, 1.54) is 0 Å². The van der Waals surface area contributed by atoms with Crippen molar-refractivity contribution in [3.8, 4) is 0 Å². The standard InChI is InChI=1S/C14H10O/c1-9-7-8-12-11-5-3-4-6-13(11)15-14(12)10(9)2/h3-8H,1-2H2. The molecule has 1 heteroatoms. The molecule has 0 atom stereocenters. The van der Waals surface area contributed by atoms with Crippen molar-refractivity contribution in [3.05, 3.63) is 46.8 Å². The van der Waals surface area contributed by atoms with E-state index in [0.29, 0.717) is 0 Å². The molecular formula is C14H10O. The molecular weight excluding hydrogens is 184 g/mol. The van der Waals surface area contributed by atoms with Crippen molar-refractivity contribution >= 4 is 35.1 Å². The third-order valence-electron chi connectivity index (χ3n) is 2.75. The Kier molecular flexibility index (Phi) is 1.51. The van der Waals surface area contributed by atoms with Gasteiger partial charge in [-0.05, 0) is 17.4 Å². The lowest BCUT2D eigenvalue weighted by Crippen LogP contribution is -2.20. The van der Waals surface area contributed by atoms with Gasteiger partial charge in [0, 0.05) is 16.0 Å². The van der Waals surface area contributed by atoms with Crippen LogP contribution in [0.5, 0.6) is 0 Å². The lowest BCUT2D eigenvalue weighted by Gasteiger charge is -1.89. The van der Waals surface area contributed by atoms with E-state index < -0.39 is 0 Å². The molecule has 15 heavy (non-hydrogen) atoms. The van der Waals surface area contributed by atoms with Crippen LogP contribution in [0.2, 0.25) is 0 Å². The Morgan fingerprint density at radius 3 is 2.53 bits per heavy atom. The van der Waals surface area contributed by atoms with Gasteiger partial charge in [0.2, 0.25) is 0 Å². The smallest absolute Gasteiger partial charge is 0.142 e. The molecule has 0 unspecified atom stereocenters. The fraction of sp³-hybridized carbons (Fsp3) is 0. The Hall–Kier alpha value is -2.02. The van der Waals surface area contributed by atoms with Crippen LogP contribution in [0.4, 0.5) is 0 Å². The highest BCUT2D eigenvalue weighted by molar-refractivity contribution is 6.04. The summed E-state index contributed by atoms with van der Waals surface area (Å²) in [5, 5.41) is 4.05. The molecule has 0 aliphatic carbocycles. The summed E-state index contributed by atoms with van der Waals surface area (Å²) in [4.78, 5) is 0. The lowest BCUT2D eigenvalue weighted by molar-refractivity contribution is 0.666. The third kappa shape index (κ3) is 1.03. The second-order valence-corrected chi connectivity index (χ2v) is 3.68. The minimum absolute atomic E-state index is 0.851. The molecule has 0 fully saturated rings. The molecule has 0 aliphatic heterocycles. The molecule has 0 amide bonds. The van der Waals surface area contributed by atoms with Crippen LogP contribution < -0.4 is 10.4 Å². The Balaban J connectivity index is 2.72. The van der Waals surface area contributed by atoms with Crippen molar-refractivity contribution in [2.75, 3.05) is 0 Å². The highest BCUT2D eigenvalue weighted by atomic mass is 16.3. The first-order valence-corrected chi connectivity index (χ1v) is 4.85. The molecule has 1 heterocycles. The molecule has 2 aromatic carbocycles. The number of benzene rings is 2. The first-order valence-electron chi connectivity index (χ1n) is 4.85. The van der Waals surface area contributed by atoms with Crippen molar-refractivity contribution in [2.24, 2.45) is 0 Å². The maximum absolute atomic E-state index is 5.76. The van der Waals surface area contributed by atoms with E-state index in [-0.39, 0.29) is 0 Å². The first kappa shape index (κ1) is 8.30. The van der Waals surface area contributed by atoms with E-state index in [0.717, 1.165) is 32.4 Å². The highest BCUT2D eigenvalue weighted by Gasteiger charge is 2.05. The molecule has 3 rings (SSSR count). The number of furan rings is 1. The summed E-state index contributed by atoms with van der Waals surface area (Å²) in [5.41, 5.74) is 1.76. The Morgan fingerprint density at radius 1 is 0.867 bits per heavy atom. The van der Waals surface area contributed by atoms with Gasteiger partial charge in [-0.15, -0.1) is 0 Å². The molecule has 1 aromatic heterocycles. The van der Waals surface area contributed by atoms with E-state index >= 15 is 0 Å². The van der Waals surface area contributed by atoms with Crippen LogP contribution in [0.1, 0.15) is 0 Å². The summed E-state index contributed by atoms with van der Waals surface area (Å²) in [7, 11) is 0. The monoisotopic (exact) mass is 194 g/mol. The van der Waals surface area contributed by atoms with E-state index in [9.17, 15) is 0 Å². The minimum atomic E-state index is 0.851. The van der Waals surface area contributed by atoms with Crippen molar-refractivity contribution in [3.63, 3.8) is 0 Å². The normalized spacial score (nSPS) is 11.2. The molecule has 0 N–H and O–H groups in total. The highest BCUT2D eigenvalue weighted by Crippen LogP contribution is 2.24. The fourth-order valence-corrected chi connectivity index (χ4v) is 1.89. The Morgan fingerprint density at radius 2 is 1.67 bits per heavy atom. The molecule has 0 aliphatic rings. The van der Waals surface area contributed by atoms with Crippen molar-refractivity contribution in [1.29, 1.82) is 0 Å². The molecule has 0 saturated carbocycles. The van der Waals surface area contributed by atoms with Crippen molar-refractivity contribution < 1.29 is 4.42 Å². The largest absolute Gasteiger partial charge is 0.455 e. The second-order valence-electron chi connectivity index (χ2n) is 3.68. The van der Waals surface area contributed by atoms with Crippen LogP contribution in [0.25, 0.3) is 35.1 Å². The van der Waals surface area contributed by atoms with Crippen LogP contribution in [-0.4, -0.2) is 0 Å². The molecule has 0 spiro atoms. The van der Waals surface area contributed by atoms with Crippen LogP contribution >= 0.6 is 0 Å². The number of fused-ring (bicyclic) bond motifs is 3. The van der Waals surface area contributed by atoms with E-state index in [2.05, 4.69) is 19.2 Å². The van der Waals surface area contributed by atoms with Gasteiger partial charge in [-0.2, -0.15) is 0 Å². The minimum Gasteiger partial charge on any atom is -0.455 e. The quantitative estimate of drug-likeness (QED) is 0.535. The number of hydrogen-bond acceptors (Lipinski definition) is 1. The summed E-state index contributed by atoms with van der Waals surface area (Å²) in [6.07, 6.45) is 0. The maximum atomic E-state index is 5.76. The fourth-order valence-electron chi connectivity index (χ4n) is 1.89. The van der Waals surface area contributed by atoms with Gasteiger partial charge in [0.1, 0.15) is 11.2 Å². The van der Waals surface area contributed by atoms with Gasteiger partial charge < -0.3 is 4.42 Å². The van der Waals surface area contributed by atoms with Crippen LogP contribution in [-0.2, 0) is 0 Å². The van der Waals surface area contributed by atoms with Crippen LogP contribution in [0.3, 0.4) is 0 Å². The van der Waals surface area contributed by atoms with E-state index in [1.54, 1.807) is 0 Å². The SMILES string of the molecule is C=c1ccc2c(oc3ccccc32)c1=C. The van der Waals surface area contributed by atoms with Gasteiger partial charge in [0.15, 0.2) is 0 Å². The van der Waals surface area contributed by atoms with Crippen molar-refractivity contribution in [1.82, 2.24) is 0 Å². The topological polar surface area (TPSA) is 13.1 Å². The van der Waals surface area contributed by atoms with Crippen LogP contribution in [0.15, 0.2) is 40.8 Å². The molecule has 1 nitrogen and oxygen atoms in total. The first-order chi connectivity index (χ1) is 7.27. The van der Waals surface area contributed by atoms with Gasteiger partial charge >= 0.3 is 0 Å².